The van der Waals surface area contributed by atoms with Crippen molar-refractivity contribution in [2.75, 3.05) is 33.2 Å². The minimum atomic E-state index is 0.298. The van der Waals surface area contributed by atoms with Gasteiger partial charge in [-0.2, -0.15) is 5.26 Å². The maximum atomic E-state index is 13.1. The number of benzene rings is 1. The molecule has 2 saturated heterocycles. The van der Waals surface area contributed by atoms with E-state index in [0.29, 0.717) is 29.2 Å². The van der Waals surface area contributed by atoms with Crippen LogP contribution in [0, 0.1) is 35.0 Å². The third-order valence-corrected chi connectivity index (χ3v) is 7.34. The van der Waals surface area contributed by atoms with Crippen LogP contribution >= 0.6 is 0 Å². The minimum absolute atomic E-state index is 0.298. The van der Waals surface area contributed by atoms with E-state index in [1.165, 1.54) is 5.56 Å². The molecular weight excluding hydrogens is 360 g/mol. The second-order valence-corrected chi connectivity index (χ2v) is 9.47. The summed E-state index contributed by atoms with van der Waals surface area (Å²) in [6, 6.07) is 10.2. The summed E-state index contributed by atoms with van der Waals surface area (Å²) < 4.78 is 0. The monoisotopic (exact) mass is 388 g/mol. The molecule has 4 atom stereocenters. The van der Waals surface area contributed by atoms with Crippen molar-refractivity contribution in [2.24, 2.45) is 23.7 Å². The van der Waals surface area contributed by atoms with Crippen LogP contribution < -0.4 is 0 Å². The van der Waals surface area contributed by atoms with Gasteiger partial charge in [0, 0.05) is 50.1 Å². The molecule has 1 aromatic heterocycles. The molecule has 0 spiro atoms. The standard InChI is InChI=1S/C24H28N4O/c1-15-8-17(18-6-5-16(10-25)24-19(18)4-3-7-26-24)12-28(11-15)23(29)9-20-21-13-27(2)14-22(20)21/h3-7,15,17,20-22H,8-9,11-14H2,1-2H3. The molecule has 0 bridgehead atoms. The number of carbonyl (C=O) groups is 1. The Kier molecular flexibility index (Phi) is 4.55. The Labute approximate surface area is 172 Å². The number of pyridine rings is 1. The number of piperidine rings is 2. The summed E-state index contributed by atoms with van der Waals surface area (Å²) in [6.45, 7) is 6.21. The Balaban J connectivity index is 1.35. The lowest BCUT2D eigenvalue weighted by Gasteiger charge is -2.37. The van der Waals surface area contributed by atoms with E-state index in [9.17, 15) is 10.1 Å². The van der Waals surface area contributed by atoms with Crippen molar-refractivity contribution in [3.8, 4) is 6.07 Å². The first-order chi connectivity index (χ1) is 14.0. The zero-order chi connectivity index (χ0) is 20.1. The summed E-state index contributed by atoms with van der Waals surface area (Å²) in [5.41, 5.74) is 2.62. The quantitative estimate of drug-likeness (QED) is 0.810. The van der Waals surface area contributed by atoms with Gasteiger partial charge in [0.1, 0.15) is 6.07 Å². The van der Waals surface area contributed by atoms with Crippen LogP contribution in [0.4, 0.5) is 0 Å². The highest BCUT2D eigenvalue weighted by Gasteiger charge is 2.55. The molecule has 0 radical (unpaired) electrons. The minimum Gasteiger partial charge on any atom is -0.342 e. The van der Waals surface area contributed by atoms with Crippen molar-refractivity contribution < 1.29 is 4.79 Å². The molecule has 5 nitrogen and oxygen atoms in total. The lowest BCUT2D eigenvalue weighted by atomic mass is 9.83. The molecule has 29 heavy (non-hydrogen) atoms. The van der Waals surface area contributed by atoms with Gasteiger partial charge in [-0.3, -0.25) is 9.78 Å². The van der Waals surface area contributed by atoms with E-state index in [0.717, 1.165) is 61.8 Å². The van der Waals surface area contributed by atoms with Crippen molar-refractivity contribution in [3.05, 3.63) is 41.6 Å². The number of nitrogens with zero attached hydrogens (tertiary/aromatic N) is 4. The molecule has 1 aromatic carbocycles. The van der Waals surface area contributed by atoms with Crippen LogP contribution in [-0.2, 0) is 4.79 Å². The summed E-state index contributed by atoms with van der Waals surface area (Å²) in [4.78, 5) is 22.1. The number of hydrogen-bond acceptors (Lipinski definition) is 4. The van der Waals surface area contributed by atoms with Crippen molar-refractivity contribution in [3.63, 3.8) is 0 Å². The molecule has 3 aliphatic rings. The van der Waals surface area contributed by atoms with Crippen molar-refractivity contribution >= 4 is 16.8 Å². The highest BCUT2D eigenvalue weighted by atomic mass is 16.2. The summed E-state index contributed by atoms with van der Waals surface area (Å²) in [6.07, 6.45) is 3.54. The van der Waals surface area contributed by atoms with Gasteiger partial charge in [0.05, 0.1) is 11.1 Å². The van der Waals surface area contributed by atoms with Gasteiger partial charge in [-0.25, -0.2) is 0 Å². The third-order valence-electron chi connectivity index (χ3n) is 7.34. The van der Waals surface area contributed by atoms with Crippen molar-refractivity contribution in [2.45, 2.75) is 25.7 Å². The zero-order valence-corrected chi connectivity index (χ0v) is 17.2. The smallest absolute Gasteiger partial charge is 0.222 e. The van der Waals surface area contributed by atoms with E-state index < -0.39 is 0 Å². The molecule has 2 aliphatic heterocycles. The number of fused-ring (bicyclic) bond motifs is 2. The highest BCUT2D eigenvalue weighted by Crippen LogP contribution is 2.53. The lowest BCUT2D eigenvalue weighted by molar-refractivity contribution is -0.133. The number of carbonyl (C=O) groups excluding carboxylic acids is 1. The number of amides is 1. The van der Waals surface area contributed by atoms with E-state index in [-0.39, 0.29) is 0 Å². The van der Waals surface area contributed by atoms with Crippen molar-refractivity contribution in [1.82, 2.24) is 14.8 Å². The molecule has 2 aromatic rings. The largest absolute Gasteiger partial charge is 0.342 e. The number of aromatic nitrogens is 1. The number of nitriles is 1. The van der Waals surface area contributed by atoms with Crippen LogP contribution in [0.15, 0.2) is 30.5 Å². The third kappa shape index (κ3) is 3.30. The van der Waals surface area contributed by atoms with Gasteiger partial charge in [-0.1, -0.05) is 19.1 Å². The van der Waals surface area contributed by atoms with Gasteiger partial charge in [0.25, 0.3) is 0 Å². The number of hydrogen-bond donors (Lipinski definition) is 0. The Morgan fingerprint density at radius 3 is 2.76 bits per heavy atom. The maximum Gasteiger partial charge on any atom is 0.222 e. The van der Waals surface area contributed by atoms with Gasteiger partial charge >= 0.3 is 0 Å². The Morgan fingerprint density at radius 2 is 2.00 bits per heavy atom. The second kappa shape index (κ2) is 7.11. The first kappa shape index (κ1) is 18.6. The lowest BCUT2D eigenvalue weighted by Crippen LogP contribution is -2.43. The summed E-state index contributed by atoms with van der Waals surface area (Å²) in [5.74, 6) is 3.21. The molecule has 1 amide bonds. The van der Waals surface area contributed by atoms with E-state index in [4.69, 9.17) is 0 Å². The molecule has 150 valence electrons. The second-order valence-electron chi connectivity index (χ2n) is 9.47. The Hall–Kier alpha value is -2.45. The van der Waals surface area contributed by atoms with Gasteiger partial charge < -0.3 is 9.80 Å². The first-order valence-corrected chi connectivity index (χ1v) is 10.8. The van der Waals surface area contributed by atoms with E-state index in [2.05, 4.69) is 47.0 Å². The van der Waals surface area contributed by atoms with Crippen molar-refractivity contribution in [1.29, 1.82) is 5.26 Å². The van der Waals surface area contributed by atoms with Crippen LogP contribution in [-0.4, -0.2) is 53.9 Å². The average Bonchev–Trinajstić information content (AvgIpc) is 3.17. The van der Waals surface area contributed by atoms with E-state index in [1.807, 2.05) is 12.1 Å². The summed E-state index contributed by atoms with van der Waals surface area (Å²) in [7, 11) is 2.18. The van der Waals surface area contributed by atoms with Crippen LogP contribution in [0.5, 0.6) is 0 Å². The molecule has 3 fully saturated rings. The van der Waals surface area contributed by atoms with Crippen LogP contribution in [0.1, 0.15) is 36.8 Å². The fourth-order valence-corrected chi connectivity index (χ4v) is 5.92. The molecule has 1 aliphatic carbocycles. The van der Waals surface area contributed by atoms with E-state index >= 15 is 0 Å². The number of rotatable bonds is 3. The summed E-state index contributed by atoms with van der Waals surface area (Å²) in [5, 5.41) is 10.5. The molecule has 3 heterocycles. The zero-order valence-electron chi connectivity index (χ0n) is 17.2. The molecule has 5 rings (SSSR count). The molecule has 1 saturated carbocycles. The summed E-state index contributed by atoms with van der Waals surface area (Å²) >= 11 is 0. The van der Waals surface area contributed by atoms with E-state index in [1.54, 1.807) is 6.20 Å². The Bertz CT molecular complexity index is 984. The van der Waals surface area contributed by atoms with Crippen LogP contribution in [0.2, 0.25) is 0 Å². The number of likely N-dealkylation sites (tertiary alicyclic amines) is 2. The van der Waals surface area contributed by atoms with Gasteiger partial charge in [0.15, 0.2) is 0 Å². The van der Waals surface area contributed by atoms with Gasteiger partial charge in [-0.15, -0.1) is 0 Å². The predicted molar refractivity (Wildman–Crippen MR) is 112 cm³/mol. The molecule has 0 N–H and O–H groups in total. The molecular formula is C24H28N4O. The SMILES string of the molecule is CC1CC(c2ccc(C#N)c3ncccc23)CN(C(=O)CC2C3CN(C)CC23)C1. The van der Waals surface area contributed by atoms with Crippen LogP contribution in [0.25, 0.3) is 10.9 Å². The first-order valence-electron chi connectivity index (χ1n) is 10.8. The maximum absolute atomic E-state index is 13.1. The fourth-order valence-electron chi connectivity index (χ4n) is 5.92. The molecule has 4 unspecified atom stereocenters. The normalized spacial score (nSPS) is 31.5. The fraction of sp³-hybridized carbons (Fsp3) is 0.542. The average molecular weight is 389 g/mol. The van der Waals surface area contributed by atoms with Gasteiger partial charge in [0.2, 0.25) is 5.91 Å². The highest BCUT2D eigenvalue weighted by molar-refractivity contribution is 5.87. The predicted octanol–water partition coefficient (Wildman–Crippen LogP) is 3.26. The Morgan fingerprint density at radius 1 is 1.21 bits per heavy atom. The van der Waals surface area contributed by atoms with Crippen LogP contribution in [0.3, 0.4) is 0 Å². The topological polar surface area (TPSA) is 60.2 Å². The molecule has 5 heteroatoms. The van der Waals surface area contributed by atoms with Gasteiger partial charge in [-0.05, 0) is 54.8 Å².